The third kappa shape index (κ3) is 4.45. The Hall–Kier alpha value is -3.72. The Morgan fingerprint density at radius 2 is 1.88 bits per heavy atom. The molecule has 2 unspecified atom stereocenters. The molecule has 0 radical (unpaired) electrons. The fourth-order valence-corrected chi connectivity index (χ4v) is 4.03. The van der Waals surface area contributed by atoms with E-state index in [1.54, 1.807) is 29.2 Å². The molecule has 0 saturated carbocycles. The number of amides is 1. The van der Waals surface area contributed by atoms with Gasteiger partial charge < -0.3 is 24.4 Å². The van der Waals surface area contributed by atoms with Crippen molar-refractivity contribution in [2.45, 2.75) is 26.1 Å². The summed E-state index contributed by atoms with van der Waals surface area (Å²) in [6.07, 6.45) is 1.35. The number of aromatic nitrogens is 2. The average molecular weight is 450 g/mol. The van der Waals surface area contributed by atoms with Gasteiger partial charge in [-0.1, -0.05) is 6.07 Å². The van der Waals surface area contributed by atoms with Crippen LogP contribution in [0.5, 0.6) is 11.5 Å². The van der Waals surface area contributed by atoms with Crippen LogP contribution in [0.2, 0.25) is 0 Å². The number of carbonyl (C=O) groups is 1. The Kier molecular flexibility index (Phi) is 5.55. The molecule has 1 N–H and O–H groups in total. The number of hydrogen-bond acceptors (Lipinski definition) is 7. The van der Waals surface area contributed by atoms with Crippen LogP contribution in [0.4, 0.5) is 15.9 Å². The van der Waals surface area contributed by atoms with Gasteiger partial charge in [0.05, 0.1) is 12.2 Å². The fourth-order valence-electron chi connectivity index (χ4n) is 4.03. The highest BCUT2D eigenvalue weighted by Crippen LogP contribution is 2.35. The van der Waals surface area contributed by atoms with Gasteiger partial charge >= 0.3 is 0 Å². The molecule has 2 aliphatic rings. The molecule has 1 fully saturated rings. The topological polar surface area (TPSA) is 85.8 Å². The summed E-state index contributed by atoms with van der Waals surface area (Å²) in [5.41, 5.74) is 1.47. The van der Waals surface area contributed by atoms with Gasteiger partial charge in [-0.05, 0) is 50.2 Å². The van der Waals surface area contributed by atoms with E-state index in [0.29, 0.717) is 53.0 Å². The Morgan fingerprint density at radius 3 is 2.67 bits per heavy atom. The van der Waals surface area contributed by atoms with Gasteiger partial charge in [-0.2, -0.15) is 0 Å². The summed E-state index contributed by atoms with van der Waals surface area (Å²) in [6.45, 7) is 4.96. The first-order chi connectivity index (χ1) is 16.0. The molecule has 2 atom stereocenters. The van der Waals surface area contributed by atoms with Gasteiger partial charge in [0.25, 0.3) is 5.91 Å². The second-order valence-corrected chi connectivity index (χ2v) is 8.13. The quantitative estimate of drug-likeness (QED) is 0.643. The van der Waals surface area contributed by atoms with Gasteiger partial charge in [0.15, 0.2) is 17.3 Å². The number of benzene rings is 2. The van der Waals surface area contributed by atoms with Crippen molar-refractivity contribution in [2.75, 3.05) is 25.2 Å². The zero-order valence-corrected chi connectivity index (χ0v) is 18.2. The molecule has 3 heterocycles. The molecule has 3 aromatic rings. The maximum Gasteiger partial charge on any atom is 0.259 e. The maximum absolute atomic E-state index is 13.8. The molecule has 2 aromatic carbocycles. The van der Waals surface area contributed by atoms with E-state index >= 15 is 0 Å². The number of anilines is 2. The second-order valence-electron chi connectivity index (χ2n) is 8.13. The highest BCUT2D eigenvalue weighted by Gasteiger charge is 2.29. The number of halogens is 1. The van der Waals surface area contributed by atoms with Crippen molar-refractivity contribution in [1.82, 2.24) is 14.9 Å². The van der Waals surface area contributed by atoms with Crippen LogP contribution in [0.15, 0.2) is 48.7 Å². The van der Waals surface area contributed by atoms with Crippen molar-refractivity contribution < 1.29 is 23.4 Å². The van der Waals surface area contributed by atoms with Crippen molar-refractivity contribution in [3.8, 4) is 22.9 Å². The van der Waals surface area contributed by atoms with E-state index in [1.165, 1.54) is 18.3 Å². The molecule has 8 nitrogen and oxygen atoms in total. The number of morpholine rings is 1. The van der Waals surface area contributed by atoms with Crippen LogP contribution in [0.25, 0.3) is 11.4 Å². The molecular weight excluding hydrogens is 427 g/mol. The van der Waals surface area contributed by atoms with Gasteiger partial charge in [-0.3, -0.25) is 4.79 Å². The molecule has 170 valence electrons. The van der Waals surface area contributed by atoms with Gasteiger partial charge in [0, 0.05) is 30.5 Å². The lowest BCUT2D eigenvalue weighted by Gasteiger charge is -2.35. The van der Waals surface area contributed by atoms with E-state index in [0.717, 1.165) is 0 Å². The minimum Gasteiger partial charge on any atom is -0.454 e. The van der Waals surface area contributed by atoms with Crippen LogP contribution in [-0.4, -0.2) is 52.9 Å². The van der Waals surface area contributed by atoms with E-state index in [1.807, 2.05) is 19.9 Å². The molecule has 1 saturated heterocycles. The number of ether oxygens (including phenoxy) is 3. The van der Waals surface area contributed by atoms with Crippen molar-refractivity contribution in [1.29, 1.82) is 0 Å². The predicted octanol–water partition coefficient (Wildman–Crippen LogP) is 4.00. The van der Waals surface area contributed by atoms with E-state index in [4.69, 9.17) is 14.2 Å². The Labute approximate surface area is 190 Å². The second kappa shape index (κ2) is 8.67. The summed E-state index contributed by atoms with van der Waals surface area (Å²) in [6, 6.07) is 11.4. The summed E-state index contributed by atoms with van der Waals surface area (Å²) in [4.78, 5) is 24.2. The monoisotopic (exact) mass is 450 g/mol. The molecule has 1 amide bonds. The lowest BCUT2D eigenvalue weighted by Crippen LogP contribution is -2.48. The normalized spacial score (nSPS) is 19.4. The van der Waals surface area contributed by atoms with Gasteiger partial charge in [0.1, 0.15) is 17.2 Å². The molecule has 1 aromatic heterocycles. The number of rotatable bonds is 4. The van der Waals surface area contributed by atoms with Gasteiger partial charge in [-0.25, -0.2) is 14.4 Å². The molecule has 9 heteroatoms. The van der Waals surface area contributed by atoms with Crippen molar-refractivity contribution >= 4 is 17.4 Å². The summed E-state index contributed by atoms with van der Waals surface area (Å²) >= 11 is 0. The fraction of sp³-hybridized carbons (Fsp3) is 0.292. The highest BCUT2D eigenvalue weighted by molar-refractivity contribution is 5.99. The number of fused-ring (bicyclic) bond motifs is 1. The summed E-state index contributed by atoms with van der Waals surface area (Å²) in [7, 11) is 0. The van der Waals surface area contributed by atoms with Gasteiger partial charge in [-0.15, -0.1) is 0 Å². The first-order valence-corrected chi connectivity index (χ1v) is 10.7. The molecular formula is C24H23FN4O4. The third-order valence-electron chi connectivity index (χ3n) is 5.44. The number of carbonyl (C=O) groups excluding carboxylic acids is 1. The first kappa shape index (κ1) is 21.1. The van der Waals surface area contributed by atoms with Crippen molar-refractivity contribution in [3.63, 3.8) is 0 Å². The zero-order chi connectivity index (χ0) is 22.9. The lowest BCUT2D eigenvalue weighted by atomic mass is 10.1. The predicted molar refractivity (Wildman–Crippen MR) is 119 cm³/mol. The summed E-state index contributed by atoms with van der Waals surface area (Å²) in [5.74, 6) is 1.33. The number of nitrogens with zero attached hydrogens (tertiary/aromatic N) is 3. The standard InChI is InChI=1S/C24H23FN4O4/c1-14-11-29(12-15(2)33-14)24(30)19-10-26-22(16-6-7-20-21(8-16)32-13-31-20)28-23(19)27-18-5-3-4-17(25)9-18/h3-10,14-15H,11-13H2,1-2H3,(H,26,27,28). The van der Waals surface area contributed by atoms with Crippen LogP contribution in [0.3, 0.4) is 0 Å². The first-order valence-electron chi connectivity index (χ1n) is 10.7. The minimum absolute atomic E-state index is 0.0776. The molecule has 33 heavy (non-hydrogen) atoms. The summed E-state index contributed by atoms with van der Waals surface area (Å²) < 4.78 is 30.4. The minimum atomic E-state index is -0.395. The van der Waals surface area contributed by atoms with Crippen LogP contribution in [-0.2, 0) is 4.74 Å². The highest BCUT2D eigenvalue weighted by atomic mass is 19.1. The third-order valence-corrected chi connectivity index (χ3v) is 5.44. The maximum atomic E-state index is 13.8. The lowest BCUT2D eigenvalue weighted by molar-refractivity contribution is -0.0586. The van der Waals surface area contributed by atoms with E-state index in [-0.39, 0.29) is 24.9 Å². The van der Waals surface area contributed by atoms with E-state index in [9.17, 15) is 9.18 Å². The SMILES string of the molecule is CC1CN(C(=O)c2cnc(-c3ccc4c(c3)OCO4)nc2Nc2cccc(F)c2)CC(C)O1. The van der Waals surface area contributed by atoms with E-state index in [2.05, 4.69) is 15.3 Å². The smallest absolute Gasteiger partial charge is 0.259 e. The van der Waals surface area contributed by atoms with Crippen molar-refractivity contribution in [2.24, 2.45) is 0 Å². The zero-order valence-electron chi connectivity index (χ0n) is 18.2. The van der Waals surface area contributed by atoms with Crippen LogP contribution >= 0.6 is 0 Å². The number of nitrogens with one attached hydrogen (secondary N) is 1. The number of hydrogen-bond donors (Lipinski definition) is 1. The van der Waals surface area contributed by atoms with Crippen LogP contribution in [0, 0.1) is 5.82 Å². The molecule has 2 aliphatic heterocycles. The Morgan fingerprint density at radius 1 is 1.09 bits per heavy atom. The molecule has 0 bridgehead atoms. The van der Waals surface area contributed by atoms with Crippen LogP contribution in [0.1, 0.15) is 24.2 Å². The molecule has 0 spiro atoms. The Bertz CT molecular complexity index is 1190. The van der Waals surface area contributed by atoms with E-state index < -0.39 is 5.82 Å². The summed E-state index contributed by atoms with van der Waals surface area (Å²) in [5, 5.41) is 3.09. The molecule has 5 rings (SSSR count). The van der Waals surface area contributed by atoms with Crippen molar-refractivity contribution in [3.05, 3.63) is 60.0 Å². The van der Waals surface area contributed by atoms with Crippen LogP contribution < -0.4 is 14.8 Å². The average Bonchev–Trinajstić information content (AvgIpc) is 3.26. The van der Waals surface area contributed by atoms with Gasteiger partial charge in [0.2, 0.25) is 6.79 Å². The molecule has 0 aliphatic carbocycles. The Balaban J connectivity index is 1.52. The largest absolute Gasteiger partial charge is 0.454 e.